The first-order chi connectivity index (χ1) is 12.1. The topological polar surface area (TPSA) is 66.4 Å². The molecular weight excluding hydrogens is 314 g/mol. The molecule has 1 atom stereocenters. The summed E-state index contributed by atoms with van der Waals surface area (Å²) in [6.07, 6.45) is 2.90. The molecule has 0 radical (unpaired) electrons. The van der Waals surface area contributed by atoms with E-state index in [0.717, 1.165) is 24.0 Å². The minimum absolute atomic E-state index is 0.0854. The van der Waals surface area contributed by atoms with Crippen LogP contribution in [0, 0.1) is 5.92 Å². The number of carbonyl (C=O) groups is 2. The van der Waals surface area contributed by atoms with Gasteiger partial charge in [-0.15, -0.1) is 0 Å². The summed E-state index contributed by atoms with van der Waals surface area (Å²) in [5.74, 6) is -0.805. The van der Waals surface area contributed by atoms with Crippen LogP contribution in [0.5, 0.6) is 0 Å². The molecule has 1 amide bonds. The molecule has 3 rings (SSSR count). The molecule has 0 aromatic heterocycles. The SMILES string of the molecule is O=C(CC(c1ccccc1)c1ccccc1)NC(CC1CC1)C(=O)O. The third kappa shape index (κ3) is 4.92. The molecule has 0 bridgehead atoms. The zero-order chi connectivity index (χ0) is 17.6. The number of amides is 1. The highest BCUT2D eigenvalue weighted by Crippen LogP contribution is 2.34. The summed E-state index contributed by atoms with van der Waals surface area (Å²) in [7, 11) is 0. The second kappa shape index (κ2) is 7.97. The van der Waals surface area contributed by atoms with Crippen LogP contribution in [-0.2, 0) is 9.59 Å². The molecule has 0 heterocycles. The van der Waals surface area contributed by atoms with E-state index in [1.807, 2.05) is 60.7 Å². The molecule has 1 aliphatic carbocycles. The van der Waals surface area contributed by atoms with Gasteiger partial charge in [0, 0.05) is 12.3 Å². The van der Waals surface area contributed by atoms with Crippen molar-refractivity contribution in [1.82, 2.24) is 5.32 Å². The standard InChI is InChI=1S/C21H23NO3/c23-20(22-19(21(24)25)13-15-11-12-15)14-18(16-7-3-1-4-8-16)17-9-5-2-6-10-17/h1-10,15,18-19H,11-14H2,(H,22,23)(H,24,25). The monoisotopic (exact) mass is 337 g/mol. The Morgan fingerprint density at radius 2 is 1.48 bits per heavy atom. The van der Waals surface area contributed by atoms with Crippen molar-refractivity contribution in [3.63, 3.8) is 0 Å². The van der Waals surface area contributed by atoms with Crippen LogP contribution in [0.4, 0.5) is 0 Å². The highest BCUT2D eigenvalue weighted by molar-refractivity contribution is 5.84. The van der Waals surface area contributed by atoms with E-state index >= 15 is 0 Å². The Kier molecular flexibility index (Phi) is 5.49. The molecule has 0 saturated heterocycles. The van der Waals surface area contributed by atoms with Gasteiger partial charge in [-0.25, -0.2) is 4.79 Å². The van der Waals surface area contributed by atoms with E-state index in [1.165, 1.54) is 0 Å². The van der Waals surface area contributed by atoms with E-state index in [9.17, 15) is 14.7 Å². The Morgan fingerprint density at radius 3 is 1.92 bits per heavy atom. The van der Waals surface area contributed by atoms with Gasteiger partial charge in [-0.2, -0.15) is 0 Å². The molecule has 2 N–H and O–H groups in total. The van der Waals surface area contributed by atoms with Gasteiger partial charge in [0.05, 0.1) is 0 Å². The molecule has 1 fully saturated rings. The highest BCUT2D eigenvalue weighted by atomic mass is 16.4. The molecule has 4 nitrogen and oxygen atoms in total. The summed E-state index contributed by atoms with van der Waals surface area (Å²) in [6.45, 7) is 0. The Bertz CT molecular complexity index is 671. The van der Waals surface area contributed by atoms with E-state index < -0.39 is 12.0 Å². The van der Waals surface area contributed by atoms with E-state index in [-0.39, 0.29) is 18.2 Å². The quantitative estimate of drug-likeness (QED) is 0.774. The Labute approximate surface area is 147 Å². The normalized spacial score (nSPS) is 14.9. The van der Waals surface area contributed by atoms with Crippen LogP contribution < -0.4 is 5.32 Å². The predicted octanol–water partition coefficient (Wildman–Crippen LogP) is 3.58. The van der Waals surface area contributed by atoms with Crippen LogP contribution in [-0.4, -0.2) is 23.0 Å². The number of benzene rings is 2. The molecule has 0 spiro atoms. The predicted molar refractivity (Wildman–Crippen MR) is 96.3 cm³/mol. The minimum atomic E-state index is -0.948. The van der Waals surface area contributed by atoms with Crippen molar-refractivity contribution in [2.24, 2.45) is 5.92 Å². The van der Waals surface area contributed by atoms with Crippen molar-refractivity contribution in [2.75, 3.05) is 0 Å². The fourth-order valence-corrected chi connectivity index (χ4v) is 3.15. The molecule has 1 unspecified atom stereocenters. The van der Waals surface area contributed by atoms with Gasteiger partial charge in [-0.1, -0.05) is 73.5 Å². The number of aliphatic carboxylic acids is 1. The lowest BCUT2D eigenvalue weighted by atomic mass is 9.88. The largest absolute Gasteiger partial charge is 0.480 e. The first kappa shape index (κ1) is 17.2. The van der Waals surface area contributed by atoms with Gasteiger partial charge in [0.15, 0.2) is 0 Å². The number of hydrogen-bond acceptors (Lipinski definition) is 2. The van der Waals surface area contributed by atoms with Crippen molar-refractivity contribution in [3.8, 4) is 0 Å². The lowest BCUT2D eigenvalue weighted by molar-refractivity contribution is -0.142. The average Bonchev–Trinajstić information content (AvgIpc) is 3.44. The maximum atomic E-state index is 12.5. The van der Waals surface area contributed by atoms with Gasteiger partial charge < -0.3 is 10.4 Å². The average molecular weight is 337 g/mol. The maximum Gasteiger partial charge on any atom is 0.326 e. The summed E-state index contributed by atoms with van der Waals surface area (Å²) in [6, 6.07) is 18.9. The zero-order valence-electron chi connectivity index (χ0n) is 14.1. The molecule has 25 heavy (non-hydrogen) atoms. The van der Waals surface area contributed by atoms with Gasteiger partial charge in [0.25, 0.3) is 0 Å². The summed E-state index contributed by atoms with van der Waals surface area (Å²) >= 11 is 0. The van der Waals surface area contributed by atoms with Crippen molar-refractivity contribution < 1.29 is 14.7 Å². The second-order valence-corrected chi connectivity index (χ2v) is 6.72. The fourth-order valence-electron chi connectivity index (χ4n) is 3.15. The van der Waals surface area contributed by atoms with Crippen LogP contribution in [0.3, 0.4) is 0 Å². The van der Waals surface area contributed by atoms with Crippen LogP contribution in [0.2, 0.25) is 0 Å². The Hall–Kier alpha value is -2.62. The van der Waals surface area contributed by atoms with E-state index in [0.29, 0.717) is 12.3 Å². The van der Waals surface area contributed by atoms with Crippen molar-refractivity contribution in [2.45, 2.75) is 37.6 Å². The smallest absolute Gasteiger partial charge is 0.326 e. The van der Waals surface area contributed by atoms with Gasteiger partial charge in [0.2, 0.25) is 5.91 Å². The molecular formula is C21H23NO3. The Balaban J connectivity index is 1.73. The number of rotatable bonds is 8. The van der Waals surface area contributed by atoms with Crippen LogP contribution in [0.15, 0.2) is 60.7 Å². The summed E-state index contributed by atoms with van der Waals surface area (Å²) in [5.41, 5.74) is 2.11. The molecule has 130 valence electrons. The van der Waals surface area contributed by atoms with Gasteiger partial charge in [-0.3, -0.25) is 4.79 Å². The van der Waals surface area contributed by atoms with Crippen molar-refractivity contribution >= 4 is 11.9 Å². The molecule has 2 aromatic rings. The number of carboxylic acid groups (broad SMARTS) is 1. The number of hydrogen-bond donors (Lipinski definition) is 2. The first-order valence-electron chi connectivity index (χ1n) is 8.75. The number of carboxylic acids is 1. The first-order valence-corrected chi connectivity index (χ1v) is 8.75. The van der Waals surface area contributed by atoms with Crippen LogP contribution in [0.1, 0.15) is 42.7 Å². The summed E-state index contributed by atoms with van der Waals surface area (Å²) in [5, 5.41) is 12.1. The fraction of sp³-hybridized carbons (Fsp3) is 0.333. The molecule has 1 saturated carbocycles. The minimum Gasteiger partial charge on any atom is -0.480 e. The molecule has 0 aliphatic heterocycles. The van der Waals surface area contributed by atoms with E-state index in [1.54, 1.807) is 0 Å². The molecule has 2 aromatic carbocycles. The lowest BCUT2D eigenvalue weighted by Crippen LogP contribution is -2.41. The zero-order valence-corrected chi connectivity index (χ0v) is 14.1. The van der Waals surface area contributed by atoms with Gasteiger partial charge in [0.1, 0.15) is 6.04 Å². The number of carbonyl (C=O) groups excluding carboxylic acids is 1. The lowest BCUT2D eigenvalue weighted by Gasteiger charge is -2.20. The van der Waals surface area contributed by atoms with Crippen LogP contribution >= 0.6 is 0 Å². The molecule has 1 aliphatic rings. The number of nitrogens with one attached hydrogen (secondary N) is 1. The highest BCUT2D eigenvalue weighted by Gasteiger charge is 2.30. The summed E-state index contributed by atoms with van der Waals surface area (Å²) in [4.78, 5) is 24.0. The van der Waals surface area contributed by atoms with Gasteiger partial charge in [-0.05, 0) is 23.5 Å². The van der Waals surface area contributed by atoms with Gasteiger partial charge >= 0.3 is 5.97 Å². The molecule has 4 heteroatoms. The summed E-state index contributed by atoms with van der Waals surface area (Å²) < 4.78 is 0. The van der Waals surface area contributed by atoms with E-state index in [2.05, 4.69) is 5.32 Å². The second-order valence-electron chi connectivity index (χ2n) is 6.72. The van der Waals surface area contributed by atoms with Crippen molar-refractivity contribution in [1.29, 1.82) is 0 Å². The van der Waals surface area contributed by atoms with Crippen molar-refractivity contribution in [3.05, 3.63) is 71.8 Å². The van der Waals surface area contributed by atoms with Crippen LogP contribution in [0.25, 0.3) is 0 Å². The van der Waals surface area contributed by atoms with E-state index in [4.69, 9.17) is 0 Å². The Morgan fingerprint density at radius 1 is 0.960 bits per heavy atom. The third-order valence-electron chi connectivity index (χ3n) is 4.69. The maximum absolute atomic E-state index is 12.5. The third-order valence-corrected chi connectivity index (χ3v) is 4.69.